The second-order valence-corrected chi connectivity index (χ2v) is 9.55. The fourth-order valence-corrected chi connectivity index (χ4v) is 4.67. The van der Waals surface area contributed by atoms with E-state index in [9.17, 15) is 18.0 Å². The van der Waals surface area contributed by atoms with Crippen LogP contribution in [0.5, 0.6) is 0 Å². The lowest BCUT2D eigenvalue weighted by Gasteiger charge is -2.31. The zero-order valence-electron chi connectivity index (χ0n) is 16.1. The first-order valence-electron chi connectivity index (χ1n) is 9.29. The summed E-state index contributed by atoms with van der Waals surface area (Å²) in [6, 6.07) is 5.81. The number of amides is 2. The molecule has 0 radical (unpaired) electrons. The lowest BCUT2D eigenvalue weighted by atomic mass is 10.0. The highest BCUT2D eigenvalue weighted by Gasteiger charge is 2.37. The predicted octanol–water partition coefficient (Wildman–Crippen LogP) is 1.20. The highest BCUT2D eigenvalue weighted by Crippen LogP contribution is 2.29. The Labute approximate surface area is 160 Å². The third kappa shape index (κ3) is 4.32. The van der Waals surface area contributed by atoms with Crippen molar-refractivity contribution in [3.63, 3.8) is 0 Å². The number of rotatable bonds is 4. The smallest absolute Gasteiger partial charge is 0.227 e. The van der Waals surface area contributed by atoms with E-state index in [0.717, 1.165) is 16.8 Å². The van der Waals surface area contributed by atoms with Crippen LogP contribution in [0.4, 0.5) is 5.69 Å². The van der Waals surface area contributed by atoms with Crippen LogP contribution < -0.4 is 10.2 Å². The lowest BCUT2D eigenvalue weighted by Crippen LogP contribution is -2.47. The number of nitrogens with zero attached hydrogens (tertiary/aromatic N) is 2. The Morgan fingerprint density at radius 2 is 1.85 bits per heavy atom. The minimum Gasteiger partial charge on any atom is -0.353 e. The summed E-state index contributed by atoms with van der Waals surface area (Å²) in [7, 11) is -3.18. The molecule has 1 unspecified atom stereocenters. The van der Waals surface area contributed by atoms with Crippen molar-refractivity contribution in [1.82, 2.24) is 9.62 Å². The number of piperidine rings is 1. The first-order chi connectivity index (χ1) is 12.7. The fraction of sp³-hybridized carbons (Fsp3) is 0.579. The van der Waals surface area contributed by atoms with Gasteiger partial charge in [-0.25, -0.2) is 12.7 Å². The standard InChI is InChI=1S/C19H27N3O4S/c1-13-5-4-6-17(14(13)2)22-12-15(11-18(22)23)19(24)20-16-7-9-21(10-8-16)27(3,25)26/h4-6,15-16H,7-12H2,1-3H3,(H,20,24). The van der Waals surface area contributed by atoms with Crippen molar-refractivity contribution < 1.29 is 18.0 Å². The van der Waals surface area contributed by atoms with Gasteiger partial charge in [-0.05, 0) is 43.9 Å². The molecule has 3 rings (SSSR count). The van der Waals surface area contributed by atoms with Gasteiger partial charge >= 0.3 is 0 Å². The van der Waals surface area contributed by atoms with E-state index in [0.29, 0.717) is 32.5 Å². The van der Waals surface area contributed by atoms with Crippen LogP contribution in [-0.2, 0) is 19.6 Å². The van der Waals surface area contributed by atoms with E-state index in [1.54, 1.807) is 4.90 Å². The maximum atomic E-state index is 12.6. The van der Waals surface area contributed by atoms with Crippen molar-refractivity contribution in [1.29, 1.82) is 0 Å². The number of nitrogens with one attached hydrogen (secondary N) is 1. The molecule has 2 amide bonds. The maximum absolute atomic E-state index is 12.6. The van der Waals surface area contributed by atoms with E-state index in [-0.39, 0.29) is 30.2 Å². The first-order valence-corrected chi connectivity index (χ1v) is 11.1. The molecule has 1 aromatic carbocycles. The van der Waals surface area contributed by atoms with Crippen molar-refractivity contribution >= 4 is 27.5 Å². The second kappa shape index (κ2) is 7.59. The van der Waals surface area contributed by atoms with Crippen LogP contribution in [0.25, 0.3) is 0 Å². The lowest BCUT2D eigenvalue weighted by molar-refractivity contribution is -0.127. The van der Waals surface area contributed by atoms with E-state index >= 15 is 0 Å². The third-order valence-electron chi connectivity index (χ3n) is 5.63. The SMILES string of the molecule is Cc1cccc(N2CC(C(=O)NC3CCN(S(C)(=O)=O)CC3)CC2=O)c1C. The number of hydrogen-bond donors (Lipinski definition) is 1. The fourth-order valence-electron chi connectivity index (χ4n) is 3.79. The van der Waals surface area contributed by atoms with Crippen molar-refractivity contribution in [3.8, 4) is 0 Å². The average Bonchev–Trinajstić information content (AvgIpc) is 2.99. The summed E-state index contributed by atoms with van der Waals surface area (Å²) in [5.41, 5.74) is 3.04. The molecule has 0 spiro atoms. The molecular weight excluding hydrogens is 366 g/mol. The van der Waals surface area contributed by atoms with E-state index < -0.39 is 10.0 Å². The van der Waals surface area contributed by atoms with Gasteiger partial charge in [-0.3, -0.25) is 9.59 Å². The van der Waals surface area contributed by atoms with Gasteiger partial charge in [0.1, 0.15) is 0 Å². The molecule has 8 heteroatoms. The third-order valence-corrected chi connectivity index (χ3v) is 6.94. The quantitative estimate of drug-likeness (QED) is 0.833. The molecule has 1 atom stereocenters. The summed E-state index contributed by atoms with van der Waals surface area (Å²) in [6.45, 7) is 5.22. The topological polar surface area (TPSA) is 86.8 Å². The largest absolute Gasteiger partial charge is 0.353 e. The van der Waals surface area contributed by atoms with Gasteiger partial charge in [0.2, 0.25) is 21.8 Å². The van der Waals surface area contributed by atoms with Crippen molar-refractivity contribution in [3.05, 3.63) is 29.3 Å². The summed E-state index contributed by atoms with van der Waals surface area (Å²) in [5, 5.41) is 3.01. The van der Waals surface area contributed by atoms with Crippen LogP contribution in [0.2, 0.25) is 0 Å². The minimum atomic E-state index is -3.18. The molecule has 0 aliphatic carbocycles. The van der Waals surface area contributed by atoms with Gasteiger partial charge in [0.25, 0.3) is 0 Å². The van der Waals surface area contributed by atoms with Crippen molar-refractivity contribution in [2.75, 3.05) is 30.8 Å². The molecule has 0 aromatic heterocycles. The predicted molar refractivity (Wildman–Crippen MR) is 104 cm³/mol. The molecule has 0 bridgehead atoms. The summed E-state index contributed by atoms with van der Waals surface area (Å²) in [5.74, 6) is -0.518. The second-order valence-electron chi connectivity index (χ2n) is 7.57. The van der Waals surface area contributed by atoms with Crippen LogP contribution in [0.3, 0.4) is 0 Å². The maximum Gasteiger partial charge on any atom is 0.227 e. The van der Waals surface area contributed by atoms with Crippen LogP contribution >= 0.6 is 0 Å². The van der Waals surface area contributed by atoms with Crippen LogP contribution in [0.15, 0.2) is 18.2 Å². The Morgan fingerprint density at radius 3 is 2.48 bits per heavy atom. The molecule has 148 valence electrons. The molecule has 2 aliphatic heterocycles. The molecule has 2 aliphatic rings. The molecule has 2 saturated heterocycles. The van der Waals surface area contributed by atoms with E-state index in [1.807, 2.05) is 32.0 Å². The molecule has 2 fully saturated rings. The molecular formula is C19H27N3O4S. The number of anilines is 1. The number of benzene rings is 1. The van der Waals surface area contributed by atoms with Gasteiger partial charge in [-0.15, -0.1) is 0 Å². The summed E-state index contributed by atoms with van der Waals surface area (Å²) in [4.78, 5) is 26.8. The molecule has 1 aromatic rings. The summed E-state index contributed by atoms with van der Waals surface area (Å²) >= 11 is 0. The van der Waals surface area contributed by atoms with Gasteiger partial charge in [-0.1, -0.05) is 12.1 Å². The van der Waals surface area contributed by atoms with Gasteiger partial charge in [0.05, 0.1) is 12.2 Å². The van der Waals surface area contributed by atoms with Gasteiger partial charge in [0, 0.05) is 37.8 Å². The van der Waals surface area contributed by atoms with Crippen LogP contribution in [0.1, 0.15) is 30.4 Å². The number of carbonyl (C=O) groups excluding carboxylic acids is 2. The Morgan fingerprint density at radius 1 is 1.19 bits per heavy atom. The van der Waals surface area contributed by atoms with Crippen molar-refractivity contribution in [2.45, 2.75) is 39.2 Å². The number of sulfonamides is 1. The Balaban J connectivity index is 1.59. The average molecular weight is 394 g/mol. The molecule has 2 heterocycles. The monoisotopic (exact) mass is 393 g/mol. The molecule has 0 saturated carbocycles. The summed E-state index contributed by atoms with van der Waals surface area (Å²) in [6.07, 6.45) is 2.61. The zero-order valence-corrected chi connectivity index (χ0v) is 16.9. The Bertz CT molecular complexity index is 845. The number of hydrogen-bond acceptors (Lipinski definition) is 4. The highest BCUT2D eigenvalue weighted by molar-refractivity contribution is 7.88. The number of aryl methyl sites for hydroxylation is 1. The van der Waals surface area contributed by atoms with Crippen LogP contribution in [-0.4, -0.2) is 56.5 Å². The highest BCUT2D eigenvalue weighted by atomic mass is 32.2. The minimum absolute atomic E-state index is 0.0317. The van der Waals surface area contributed by atoms with E-state index in [1.165, 1.54) is 10.6 Å². The first kappa shape index (κ1) is 19.8. The Kier molecular flexibility index (Phi) is 5.58. The molecule has 7 nitrogen and oxygen atoms in total. The molecule has 27 heavy (non-hydrogen) atoms. The van der Waals surface area contributed by atoms with Crippen molar-refractivity contribution in [2.24, 2.45) is 5.92 Å². The van der Waals surface area contributed by atoms with Gasteiger partial charge in [0.15, 0.2) is 0 Å². The molecule has 1 N–H and O–H groups in total. The van der Waals surface area contributed by atoms with E-state index in [2.05, 4.69) is 5.32 Å². The normalized spacial score (nSPS) is 22.3. The van der Waals surface area contributed by atoms with Crippen LogP contribution in [0, 0.1) is 19.8 Å². The van der Waals surface area contributed by atoms with E-state index in [4.69, 9.17) is 0 Å². The number of carbonyl (C=O) groups is 2. The van der Waals surface area contributed by atoms with Gasteiger partial charge < -0.3 is 10.2 Å². The zero-order chi connectivity index (χ0) is 19.8. The Hall–Kier alpha value is -1.93. The van der Waals surface area contributed by atoms with Gasteiger partial charge in [-0.2, -0.15) is 0 Å². The summed E-state index contributed by atoms with van der Waals surface area (Å²) < 4.78 is 24.6.